The van der Waals surface area contributed by atoms with Crippen LogP contribution in [0.2, 0.25) is 0 Å². The Balaban J connectivity index is 2.67. The van der Waals surface area contributed by atoms with Crippen LogP contribution < -0.4 is 5.73 Å². The lowest BCUT2D eigenvalue weighted by Gasteiger charge is -2.20. The van der Waals surface area contributed by atoms with Crippen LogP contribution in [0, 0.1) is 12.8 Å². The summed E-state index contributed by atoms with van der Waals surface area (Å²) in [5.74, 6) is 0.388. The predicted molar refractivity (Wildman–Crippen MR) is 61.6 cm³/mol. The maximum atomic E-state index is 6.16. The molecule has 2 unspecified atom stereocenters. The van der Waals surface area contributed by atoms with Gasteiger partial charge in [0, 0.05) is 26.0 Å². The van der Waals surface area contributed by atoms with Crippen LogP contribution in [0.3, 0.4) is 0 Å². The van der Waals surface area contributed by atoms with E-state index in [1.54, 1.807) is 13.3 Å². The van der Waals surface area contributed by atoms with E-state index in [4.69, 9.17) is 10.5 Å². The van der Waals surface area contributed by atoms with Gasteiger partial charge in [0.15, 0.2) is 0 Å². The number of aromatic nitrogens is 1. The Hall–Kier alpha value is -0.930. The third-order valence-electron chi connectivity index (χ3n) is 2.76. The van der Waals surface area contributed by atoms with Gasteiger partial charge in [0.25, 0.3) is 0 Å². The van der Waals surface area contributed by atoms with Crippen molar-refractivity contribution in [2.24, 2.45) is 11.7 Å². The first-order chi connectivity index (χ1) is 7.16. The van der Waals surface area contributed by atoms with Crippen LogP contribution >= 0.6 is 0 Å². The van der Waals surface area contributed by atoms with Crippen LogP contribution in [0.25, 0.3) is 0 Å². The zero-order chi connectivity index (χ0) is 11.3. The van der Waals surface area contributed by atoms with E-state index >= 15 is 0 Å². The molecule has 0 bridgehead atoms. The molecule has 1 aromatic rings. The van der Waals surface area contributed by atoms with Gasteiger partial charge in [-0.1, -0.05) is 13.0 Å². The van der Waals surface area contributed by atoms with E-state index in [2.05, 4.69) is 11.9 Å². The average Bonchev–Trinajstić information content (AvgIpc) is 2.25. The molecule has 0 aromatic carbocycles. The van der Waals surface area contributed by atoms with Crippen molar-refractivity contribution in [3.63, 3.8) is 0 Å². The van der Waals surface area contributed by atoms with Gasteiger partial charge in [-0.05, 0) is 30.9 Å². The summed E-state index contributed by atoms with van der Waals surface area (Å²) in [7, 11) is 1.71. The summed E-state index contributed by atoms with van der Waals surface area (Å²) >= 11 is 0. The largest absolute Gasteiger partial charge is 0.385 e. The lowest BCUT2D eigenvalue weighted by Crippen LogP contribution is -2.22. The minimum absolute atomic E-state index is 0.00125. The monoisotopic (exact) mass is 208 g/mol. The molecule has 2 N–H and O–H groups in total. The van der Waals surface area contributed by atoms with Crippen LogP contribution in [0.4, 0.5) is 0 Å². The summed E-state index contributed by atoms with van der Waals surface area (Å²) in [5, 5.41) is 0. The van der Waals surface area contributed by atoms with Crippen molar-refractivity contribution in [3.8, 4) is 0 Å². The number of hydrogen-bond acceptors (Lipinski definition) is 3. The van der Waals surface area contributed by atoms with Crippen molar-refractivity contribution in [2.75, 3.05) is 13.7 Å². The molecular weight excluding hydrogens is 188 g/mol. The van der Waals surface area contributed by atoms with Gasteiger partial charge >= 0.3 is 0 Å². The smallest absolute Gasteiger partial charge is 0.0602 e. The number of ether oxygens (including phenoxy) is 1. The Bertz CT molecular complexity index is 301. The molecule has 0 fully saturated rings. The average molecular weight is 208 g/mol. The Morgan fingerprint density at radius 1 is 1.53 bits per heavy atom. The van der Waals surface area contributed by atoms with E-state index in [0.29, 0.717) is 5.92 Å². The molecule has 3 heteroatoms. The van der Waals surface area contributed by atoms with E-state index in [9.17, 15) is 0 Å². The lowest BCUT2D eigenvalue weighted by molar-refractivity contribution is 0.174. The minimum Gasteiger partial charge on any atom is -0.385 e. The predicted octanol–water partition coefficient (Wildman–Crippen LogP) is 2.06. The van der Waals surface area contributed by atoms with Crippen LogP contribution in [-0.4, -0.2) is 18.7 Å². The fraction of sp³-hybridized carbons (Fsp3) is 0.583. The van der Waals surface area contributed by atoms with Crippen LogP contribution in [0.5, 0.6) is 0 Å². The number of nitrogens with zero attached hydrogens (tertiary/aromatic N) is 1. The van der Waals surface area contributed by atoms with Gasteiger partial charge in [-0.25, -0.2) is 0 Å². The number of pyridine rings is 1. The normalized spacial score (nSPS) is 14.9. The molecule has 0 aliphatic carbocycles. The molecule has 0 radical (unpaired) electrons. The Labute approximate surface area is 91.7 Å². The first-order valence-electron chi connectivity index (χ1n) is 5.33. The third kappa shape index (κ3) is 3.29. The Morgan fingerprint density at radius 2 is 2.27 bits per heavy atom. The van der Waals surface area contributed by atoms with Gasteiger partial charge in [0.2, 0.25) is 0 Å². The summed E-state index contributed by atoms with van der Waals surface area (Å²) in [6.45, 7) is 4.93. The zero-order valence-corrected chi connectivity index (χ0v) is 9.73. The van der Waals surface area contributed by atoms with Crippen molar-refractivity contribution in [2.45, 2.75) is 26.3 Å². The van der Waals surface area contributed by atoms with E-state index in [1.165, 1.54) is 0 Å². The summed E-state index contributed by atoms with van der Waals surface area (Å²) in [6, 6.07) is 3.98. The van der Waals surface area contributed by atoms with E-state index in [1.807, 2.05) is 19.1 Å². The topological polar surface area (TPSA) is 48.1 Å². The van der Waals surface area contributed by atoms with Gasteiger partial charge in [-0.2, -0.15) is 0 Å². The van der Waals surface area contributed by atoms with E-state index in [0.717, 1.165) is 24.3 Å². The quantitative estimate of drug-likeness (QED) is 0.805. The molecular formula is C12H20N2O. The number of methoxy groups -OCH3 is 1. The summed E-state index contributed by atoms with van der Waals surface area (Å²) in [4.78, 5) is 4.34. The zero-order valence-electron chi connectivity index (χ0n) is 9.73. The molecule has 15 heavy (non-hydrogen) atoms. The second kappa shape index (κ2) is 5.83. The highest BCUT2D eigenvalue weighted by Crippen LogP contribution is 2.22. The Kier molecular flexibility index (Phi) is 4.72. The molecule has 84 valence electrons. The second-order valence-corrected chi connectivity index (χ2v) is 3.99. The first kappa shape index (κ1) is 12.1. The summed E-state index contributed by atoms with van der Waals surface area (Å²) in [6.07, 6.45) is 2.76. The SMILES string of the molecule is COCCC(C)C(N)c1ncccc1C. The van der Waals surface area contributed by atoms with Crippen LogP contribution in [-0.2, 0) is 4.74 Å². The molecule has 0 aliphatic rings. The van der Waals surface area contributed by atoms with Gasteiger partial charge in [-0.15, -0.1) is 0 Å². The van der Waals surface area contributed by atoms with Crippen molar-refractivity contribution in [1.29, 1.82) is 0 Å². The molecule has 1 heterocycles. The standard InChI is InChI=1S/C12H20N2O/c1-9(6-8-15-3)11(13)12-10(2)5-4-7-14-12/h4-5,7,9,11H,6,8,13H2,1-3H3. The summed E-state index contributed by atoms with van der Waals surface area (Å²) in [5.41, 5.74) is 8.32. The molecule has 0 saturated carbocycles. The fourth-order valence-corrected chi connectivity index (χ4v) is 1.60. The second-order valence-electron chi connectivity index (χ2n) is 3.99. The minimum atomic E-state index is 0.00125. The third-order valence-corrected chi connectivity index (χ3v) is 2.76. The van der Waals surface area contributed by atoms with Crippen molar-refractivity contribution >= 4 is 0 Å². The van der Waals surface area contributed by atoms with Crippen molar-refractivity contribution in [3.05, 3.63) is 29.6 Å². The lowest BCUT2D eigenvalue weighted by atomic mass is 9.94. The highest BCUT2D eigenvalue weighted by Gasteiger charge is 2.17. The van der Waals surface area contributed by atoms with Gasteiger partial charge in [0.1, 0.15) is 0 Å². The summed E-state index contributed by atoms with van der Waals surface area (Å²) < 4.78 is 5.05. The molecule has 0 amide bonds. The molecule has 0 spiro atoms. The number of rotatable bonds is 5. The number of hydrogen-bond donors (Lipinski definition) is 1. The van der Waals surface area contributed by atoms with Gasteiger partial charge in [-0.3, -0.25) is 4.98 Å². The molecule has 1 rings (SSSR count). The van der Waals surface area contributed by atoms with Gasteiger partial charge < -0.3 is 10.5 Å². The molecule has 3 nitrogen and oxygen atoms in total. The Morgan fingerprint density at radius 3 is 2.87 bits per heavy atom. The number of nitrogens with two attached hydrogens (primary N) is 1. The van der Waals surface area contributed by atoms with Crippen molar-refractivity contribution in [1.82, 2.24) is 4.98 Å². The van der Waals surface area contributed by atoms with Crippen LogP contribution in [0.15, 0.2) is 18.3 Å². The first-order valence-corrected chi connectivity index (χ1v) is 5.33. The maximum absolute atomic E-state index is 6.16. The molecule has 0 aliphatic heterocycles. The van der Waals surface area contributed by atoms with Gasteiger partial charge in [0.05, 0.1) is 5.69 Å². The van der Waals surface area contributed by atoms with Crippen molar-refractivity contribution < 1.29 is 4.74 Å². The van der Waals surface area contributed by atoms with Crippen LogP contribution in [0.1, 0.15) is 30.6 Å². The molecule has 0 saturated heterocycles. The highest BCUT2D eigenvalue weighted by molar-refractivity contribution is 5.21. The molecule has 2 atom stereocenters. The number of aryl methyl sites for hydroxylation is 1. The highest BCUT2D eigenvalue weighted by atomic mass is 16.5. The van der Waals surface area contributed by atoms with E-state index in [-0.39, 0.29) is 6.04 Å². The fourth-order valence-electron chi connectivity index (χ4n) is 1.60. The maximum Gasteiger partial charge on any atom is 0.0602 e. The van der Waals surface area contributed by atoms with E-state index < -0.39 is 0 Å². The molecule has 1 aromatic heterocycles.